The Hall–Kier alpha value is -0.570. The Balaban J connectivity index is 2.02. The van der Waals surface area contributed by atoms with Crippen molar-refractivity contribution in [3.05, 3.63) is 0 Å². The van der Waals surface area contributed by atoms with Crippen LogP contribution in [0.2, 0.25) is 0 Å². The lowest BCUT2D eigenvalue weighted by Crippen LogP contribution is -2.28. The average Bonchev–Trinajstić information content (AvgIpc) is 2.64. The van der Waals surface area contributed by atoms with Crippen LogP contribution in [-0.4, -0.2) is 37.4 Å². The molecule has 0 spiro atoms. The van der Waals surface area contributed by atoms with Crippen LogP contribution in [0, 0.1) is 11.8 Å². The first kappa shape index (κ1) is 8.05. The number of hydrogen-bond donors (Lipinski definition) is 0. The van der Waals surface area contributed by atoms with E-state index in [1.807, 2.05) is 0 Å². The molecule has 68 valence electrons. The first-order valence-corrected chi connectivity index (χ1v) is 4.61. The van der Waals surface area contributed by atoms with Gasteiger partial charge in [0, 0.05) is 19.0 Å². The Kier molecular flexibility index (Phi) is 2.05. The number of nitrogens with zero attached hydrogens (tertiary/aromatic N) is 2. The summed E-state index contributed by atoms with van der Waals surface area (Å²) in [5.41, 5.74) is 1.17. The van der Waals surface area contributed by atoms with Crippen molar-refractivity contribution in [1.29, 1.82) is 0 Å². The van der Waals surface area contributed by atoms with Gasteiger partial charge in [-0.3, -0.25) is 0 Å². The molecule has 0 aliphatic carbocycles. The second-order valence-corrected chi connectivity index (χ2v) is 3.83. The van der Waals surface area contributed by atoms with Crippen molar-refractivity contribution in [2.45, 2.75) is 13.3 Å². The van der Waals surface area contributed by atoms with E-state index in [2.05, 4.69) is 17.0 Å². The van der Waals surface area contributed by atoms with E-state index in [4.69, 9.17) is 4.84 Å². The summed E-state index contributed by atoms with van der Waals surface area (Å²) in [4.78, 5) is 7.31. The number of oxime groups is 1. The second-order valence-electron chi connectivity index (χ2n) is 3.83. The molecule has 2 aliphatic rings. The van der Waals surface area contributed by atoms with Crippen molar-refractivity contribution in [2.75, 3.05) is 26.7 Å². The number of fused-ring (bicyclic) bond motifs is 2. The molecule has 0 saturated carbocycles. The average molecular weight is 168 g/mol. The summed E-state index contributed by atoms with van der Waals surface area (Å²) < 4.78 is 0. The summed E-state index contributed by atoms with van der Waals surface area (Å²) in [5.74, 6) is 1.52. The van der Waals surface area contributed by atoms with Gasteiger partial charge in [0.05, 0.1) is 5.71 Å². The summed E-state index contributed by atoms with van der Waals surface area (Å²) in [5, 5.41) is 4.02. The molecular weight excluding hydrogens is 152 g/mol. The van der Waals surface area contributed by atoms with Crippen molar-refractivity contribution in [3.8, 4) is 0 Å². The normalized spacial score (nSPS) is 40.5. The lowest BCUT2D eigenvalue weighted by atomic mass is 9.89. The SMILES string of the molecule is CON=C(C)C1CN2CCC1C2. The van der Waals surface area contributed by atoms with Crippen LogP contribution in [0.15, 0.2) is 5.16 Å². The molecule has 0 amide bonds. The van der Waals surface area contributed by atoms with Gasteiger partial charge in [0.25, 0.3) is 0 Å². The molecule has 0 aromatic rings. The second kappa shape index (κ2) is 3.05. The van der Waals surface area contributed by atoms with Gasteiger partial charge in [-0.05, 0) is 25.8 Å². The molecule has 3 atom stereocenters. The highest BCUT2D eigenvalue weighted by molar-refractivity contribution is 5.84. The van der Waals surface area contributed by atoms with Gasteiger partial charge in [0.2, 0.25) is 0 Å². The first-order chi connectivity index (χ1) is 5.81. The maximum atomic E-state index is 4.79. The summed E-state index contributed by atoms with van der Waals surface area (Å²) >= 11 is 0. The molecule has 0 radical (unpaired) electrons. The highest BCUT2D eigenvalue weighted by Gasteiger charge is 2.39. The molecule has 2 bridgehead atoms. The zero-order valence-corrected chi connectivity index (χ0v) is 7.79. The maximum Gasteiger partial charge on any atom is 0.106 e. The third kappa shape index (κ3) is 1.22. The van der Waals surface area contributed by atoms with E-state index in [-0.39, 0.29) is 0 Å². The summed E-state index contributed by atoms with van der Waals surface area (Å²) in [6.07, 6.45) is 1.35. The van der Waals surface area contributed by atoms with Crippen LogP contribution >= 0.6 is 0 Å². The van der Waals surface area contributed by atoms with Crippen molar-refractivity contribution in [1.82, 2.24) is 4.90 Å². The number of hydrogen-bond acceptors (Lipinski definition) is 3. The largest absolute Gasteiger partial charge is 0.399 e. The molecule has 0 aromatic heterocycles. The highest BCUT2D eigenvalue weighted by Crippen LogP contribution is 2.33. The molecule has 3 unspecified atom stereocenters. The van der Waals surface area contributed by atoms with Crippen molar-refractivity contribution in [3.63, 3.8) is 0 Å². The third-order valence-corrected chi connectivity index (χ3v) is 3.10. The van der Waals surface area contributed by atoms with E-state index in [9.17, 15) is 0 Å². The zero-order chi connectivity index (χ0) is 8.55. The molecule has 2 aliphatic heterocycles. The van der Waals surface area contributed by atoms with Crippen LogP contribution in [0.1, 0.15) is 13.3 Å². The highest BCUT2D eigenvalue weighted by atomic mass is 16.6. The van der Waals surface area contributed by atoms with Crippen LogP contribution < -0.4 is 0 Å². The van der Waals surface area contributed by atoms with Gasteiger partial charge < -0.3 is 9.74 Å². The molecule has 2 saturated heterocycles. The first-order valence-electron chi connectivity index (χ1n) is 4.61. The fraction of sp³-hybridized carbons (Fsp3) is 0.889. The minimum Gasteiger partial charge on any atom is -0.399 e. The topological polar surface area (TPSA) is 24.8 Å². The third-order valence-electron chi connectivity index (χ3n) is 3.10. The molecule has 2 heterocycles. The van der Waals surface area contributed by atoms with Crippen LogP contribution in [0.5, 0.6) is 0 Å². The Labute approximate surface area is 73.4 Å². The van der Waals surface area contributed by atoms with Gasteiger partial charge in [0.1, 0.15) is 7.11 Å². The Morgan fingerprint density at radius 2 is 2.33 bits per heavy atom. The molecular formula is C9H16N2O. The quantitative estimate of drug-likeness (QED) is 0.453. The van der Waals surface area contributed by atoms with Gasteiger partial charge >= 0.3 is 0 Å². The van der Waals surface area contributed by atoms with Crippen molar-refractivity contribution >= 4 is 5.71 Å². The molecule has 2 rings (SSSR count). The van der Waals surface area contributed by atoms with Gasteiger partial charge in [0.15, 0.2) is 0 Å². The van der Waals surface area contributed by atoms with Crippen LogP contribution in [0.3, 0.4) is 0 Å². The zero-order valence-electron chi connectivity index (χ0n) is 7.79. The molecule has 0 N–H and O–H groups in total. The van der Waals surface area contributed by atoms with E-state index in [1.54, 1.807) is 7.11 Å². The Bertz CT molecular complexity index is 203. The van der Waals surface area contributed by atoms with E-state index in [1.165, 1.54) is 31.8 Å². The Morgan fingerprint density at radius 3 is 2.83 bits per heavy atom. The van der Waals surface area contributed by atoms with E-state index in [0.717, 1.165) is 5.92 Å². The summed E-state index contributed by atoms with van der Waals surface area (Å²) in [6.45, 7) is 5.85. The van der Waals surface area contributed by atoms with Gasteiger partial charge in [-0.2, -0.15) is 0 Å². The molecule has 3 heteroatoms. The molecule has 3 nitrogen and oxygen atoms in total. The maximum absolute atomic E-state index is 4.79. The molecule has 12 heavy (non-hydrogen) atoms. The molecule has 2 fully saturated rings. The number of piperidine rings is 1. The molecule has 0 aromatic carbocycles. The summed E-state index contributed by atoms with van der Waals surface area (Å²) in [6, 6.07) is 0. The van der Waals surface area contributed by atoms with Crippen molar-refractivity contribution < 1.29 is 4.84 Å². The minimum atomic E-state index is 0.665. The van der Waals surface area contributed by atoms with Crippen LogP contribution in [0.4, 0.5) is 0 Å². The van der Waals surface area contributed by atoms with Gasteiger partial charge in [-0.25, -0.2) is 0 Å². The number of rotatable bonds is 2. The fourth-order valence-corrected chi connectivity index (χ4v) is 2.47. The predicted molar refractivity (Wildman–Crippen MR) is 48.2 cm³/mol. The van der Waals surface area contributed by atoms with Crippen LogP contribution in [0.25, 0.3) is 0 Å². The Morgan fingerprint density at radius 1 is 1.50 bits per heavy atom. The lowest BCUT2D eigenvalue weighted by Gasteiger charge is -2.20. The standard InChI is InChI=1S/C9H16N2O/c1-7(10-12-2)9-6-11-4-3-8(9)5-11/h8-9H,3-6H2,1-2H3. The lowest BCUT2D eigenvalue weighted by molar-refractivity contribution is 0.208. The smallest absolute Gasteiger partial charge is 0.106 e. The van der Waals surface area contributed by atoms with Crippen LogP contribution in [-0.2, 0) is 4.84 Å². The van der Waals surface area contributed by atoms with E-state index in [0.29, 0.717) is 5.92 Å². The van der Waals surface area contributed by atoms with Gasteiger partial charge in [-0.1, -0.05) is 5.16 Å². The van der Waals surface area contributed by atoms with Crippen molar-refractivity contribution in [2.24, 2.45) is 17.0 Å². The van der Waals surface area contributed by atoms with E-state index >= 15 is 0 Å². The fourth-order valence-electron chi connectivity index (χ4n) is 2.47. The summed E-state index contributed by atoms with van der Waals surface area (Å²) in [7, 11) is 1.62. The predicted octanol–water partition coefficient (Wildman–Crippen LogP) is 0.960. The minimum absolute atomic E-state index is 0.665. The van der Waals surface area contributed by atoms with Gasteiger partial charge in [-0.15, -0.1) is 0 Å². The van der Waals surface area contributed by atoms with E-state index < -0.39 is 0 Å². The monoisotopic (exact) mass is 168 g/mol.